The van der Waals surface area contributed by atoms with Gasteiger partial charge in [0.05, 0.1) is 10.9 Å². The number of carbonyl (C=O) groups is 3. The first-order valence-corrected chi connectivity index (χ1v) is 10.2. The van der Waals surface area contributed by atoms with E-state index in [-0.39, 0.29) is 49.4 Å². The van der Waals surface area contributed by atoms with Crippen LogP contribution in [0.5, 0.6) is 0 Å². The molecule has 0 unspecified atom stereocenters. The number of thiophene rings is 1. The second kappa shape index (κ2) is 9.46. The number of ketones is 1. The van der Waals surface area contributed by atoms with E-state index < -0.39 is 0 Å². The van der Waals surface area contributed by atoms with Crippen molar-refractivity contribution in [3.63, 3.8) is 0 Å². The van der Waals surface area contributed by atoms with Gasteiger partial charge in [-0.05, 0) is 41.8 Å². The predicted molar refractivity (Wildman–Crippen MR) is 106 cm³/mol. The Hall–Kier alpha value is -2.47. The summed E-state index contributed by atoms with van der Waals surface area (Å²) >= 11 is 1.38. The standard InChI is InChI=1S/C21H24N2O3S/c24-18(19-9-4-14-27-19)10-11-20(25)22-13-12-21(26)23-17-8-3-6-15-5-1-2-7-16(15)17/h1-2,4-5,7,9,14,17H,3,6,8,10-13H2,(H,22,25)(H,23,26)/t17-/m1/s1. The van der Waals surface area contributed by atoms with Crippen LogP contribution in [0.25, 0.3) is 0 Å². The number of fused-ring (bicyclic) bond motifs is 1. The van der Waals surface area contributed by atoms with E-state index in [1.54, 1.807) is 6.07 Å². The van der Waals surface area contributed by atoms with Crippen molar-refractivity contribution in [2.24, 2.45) is 0 Å². The third kappa shape index (κ3) is 5.50. The molecule has 142 valence electrons. The van der Waals surface area contributed by atoms with E-state index in [9.17, 15) is 14.4 Å². The number of amides is 2. The van der Waals surface area contributed by atoms with Crippen molar-refractivity contribution >= 4 is 28.9 Å². The van der Waals surface area contributed by atoms with E-state index in [1.807, 2.05) is 23.6 Å². The Morgan fingerprint density at radius 1 is 1.00 bits per heavy atom. The number of nitrogens with one attached hydrogen (secondary N) is 2. The lowest BCUT2D eigenvalue weighted by atomic mass is 9.88. The molecule has 1 aliphatic carbocycles. The lowest BCUT2D eigenvalue weighted by molar-refractivity contribution is -0.122. The lowest BCUT2D eigenvalue weighted by Crippen LogP contribution is -2.34. The summed E-state index contributed by atoms with van der Waals surface area (Å²) in [5.74, 6) is -0.281. The first-order valence-electron chi connectivity index (χ1n) is 9.34. The molecule has 2 N–H and O–H groups in total. The first-order chi connectivity index (χ1) is 13.1. The smallest absolute Gasteiger partial charge is 0.222 e. The van der Waals surface area contributed by atoms with E-state index >= 15 is 0 Å². The van der Waals surface area contributed by atoms with Gasteiger partial charge in [-0.3, -0.25) is 14.4 Å². The lowest BCUT2D eigenvalue weighted by Gasteiger charge is -2.26. The highest BCUT2D eigenvalue weighted by molar-refractivity contribution is 7.12. The molecule has 27 heavy (non-hydrogen) atoms. The zero-order chi connectivity index (χ0) is 19.1. The van der Waals surface area contributed by atoms with Crippen LogP contribution in [-0.2, 0) is 16.0 Å². The van der Waals surface area contributed by atoms with Gasteiger partial charge in [-0.2, -0.15) is 0 Å². The third-order valence-electron chi connectivity index (χ3n) is 4.75. The summed E-state index contributed by atoms with van der Waals surface area (Å²) in [5, 5.41) is 7.64. The van der Waals surface area contributed by atoms with Crippen LogP contribution in [0.3, 0.4) is 0 Å². The van der Waals surface area contributed by atoms with Crippen molar-refractivity contribution in [1.29, 1.82) is 0 Å². The summed E-state index contributed by atoms with van der Waals surface area (Å²) in [6.45, 7) is 0.284. The van der Waals surface area contributed by atoms with E-state index in [4.69, 9.17) is 0 Å². The first kappa shape index (κ1) is 19.3. The molecule has 1 atom stereocenters. The molecule has 1 aliphatic rings. The molecule has 2 aromatic rings. The summed E-state index contributed by atoms with van der Waals surface area (Å²) in [6, 6.07) is 11.9. The number of rotatable bonds is 8. The van der Waals surface area contributed by atoms with Gasteiger partial charge in [0.1, 0.15) is 0 Å². The Bertz CT molecular complexity index is 802. The minimum absolute atomic E-state index is 0.0196. The molecule has 2 amide bonds. The van der Waals surface area contributed by atoms with Crippen molar-refractivity contribution in [2.75, 3.05) is 6.54 Å². The van der Waals surface area contributed by atoms with Crippen LogP contribution in [0.4, 0.5) is 0 Å². The molecule has 0 fully saturated rings. The van der Waals surface area contributed by atoms with Crippen LogP contribution in [0.15, 0.2) is 41.8 Å². The summed E-state index contributed by atoms with van der Waals surface area (Å²) in [6.07, 6.45) is 3.65. The minimum atomic E-state index is -0.198. The van der Waals surface area contributed by atoms with Gasteiger partial charge in [-0.25, -0.2) is 0 Å². The van der Waals surface area contributed by atoms with Gasteiger partial charge in [-0.1, -0.05) is 30.3 Å². The van der Waals surface area contributed by atoms with Crippen molar-refractivity contribution in [2.45, 2.75) is 44.6 Å². The highest BCUT2D eigenvalue weighted by Crippen LogP contribution is 2.29. The maximum atomic E-state index is 12.2. The van der Waals surface area contributed by atoms with Crippen LogP contribution in [0, 0.1) is 0 Å². The zero-order valence-corrected chi connectivity index (χ0v) is 16.0. The summed E-state index contributed by atoms with van der Waals surface area (Å²) in [4.78, 5) is 36.6. The molecule has 0 spiro atoms. The van der Waals surface area contributed by atoms with Crippen LogP contribution >= 0.6 is 11.3 Å². The fourth-order valence-corrected chi connectivity index (χ4v) is 4.06. The number of aryl methyl sites for hydroxylation is 1. The van der Waals surface area contributed by atoms with Gasteiger partial charge in [0.2, 0.25) is 11.8 Å². The van der Waals surface area contributed by atoms with Crippen LogP contribution in [0.2, 0.25) is 0 Å². The number of Topliss-reactive ketones (excluding diaryl/α,β-unsaturated/α-hetero) is 1. The molecule has 0 saturated carbocycles. The largest absolute Gasteiger partial charge is 0.356 e. The Kier molecular flexibility index (Phi) is 6.76. The normalized spacial score (nSPS) is 15.6. The van der Waals surface area contributed by atoms with Crippen molar-refractivity contribution in [1.82, 2.24) is 10.6 Å². The highest BCUT2D eigenvalue weighted by Gasteiger charge is 2.21. The fraction of sp³-hybridized carbons (Fsp3) is 0.381. The average Bonchev–Trinajstić information content (AvgIpc) is 3.21. The van der Waals surface area contributed by atoms with E-state index in [0.717, 1.165) is 19.3 Å². The van der Waals surface area contributed by atoms with Gasteiger partial charge in [0, 0.05) is 25.8 Å². The molecule has 0 bridgehead atoms. The molecular formula is C21H24N2O3S. The molecular weight excluding hydrogens is 360 g/mol. The third-order valence-corrected chi connectivity index (χ3v) is 5.66. The minimum Gasteiger partial charge on any atom is -0.356 e. The Labute approximate surface area is 163 Å². The molecule has 1 aromatic heterocycles. The monoisotopic (exact) mass is 384 g/mol. The summed E-state index contributed by atoms with van der Waals surface area (Å²) in [7, 11) is 0. The number of benzene rings is 1. The van der Waals surface area contributed by atoms with Gasteiger partial charge >= 0.3 is 0 Å². The highest BCUT2D eigenvalue weighted by atomic mass is 32.1. The topological polar surface area (TPSA) is 75.3 Å². The van der Waals surface area contributed by atoms with E-state index in [2.05, 4.69) is 22.8 Å². The SMILES string of the molecule is O=C(CCC(=O)c1cccs1)NCCC(=O)N[C@@H]1CCCc2ccccc21. The molecule has 0 aliphatic heterocycles. The molecule has 3 rings (SSSR count). The molecule has 1 heterocycles. The molecule has 5 nitrogen and oxygen atoms in total. The maximum Gasteiger partial charge on any atom is 0.222 e. The Morgan fingerprint density at radius 3 is 2.67 bits per heavy atom. The molecule has 0 saturated heterocycles. The van der Waals surface area contributed by atoms with Gasteiger partial charge in [-0.15, -0.1) is 11.3 Å². The summed E-state index contributed by atoms with van der Waals surface area (Å²) in [5.41, 5.74) is 2.51. The van der Waals surface area contributed by atoms with Gasteiger partial charge in [0.25, 0.3) is 0 Å². The number of hydrogen-bond donors (Lipinski definition) is 2. The van der Waals surface area contributed by atoms with E-state index in [1.165, 1.54) is 22.5 Å². The van der Waals surface area contributed by atoms with Crippen molar-refractivity contribution < 1.29 is 14.4 Å². The fourth-order valence-electron chi connectivity index (χ4n) is 3.36. The van der Waals surface area contributed by atoms with Gasteiger partial charge < -0.3 is 10.6 Å². The molecule has 6 heteroatoms. The quantitative estimate of drug-likeness (QED) is 0.685. The van der Waals surface area contributed by atoms with E-state index in [0.29, 0.717) is 4.88 Å². The average molecular weight is 385 g/mol. The number of hydrogen-bond acceptors (Lipinski definition) is 4. The van der Waals surface area contributed by atoms with Crippen LogP contribution in [0.1, 0.15) is 58.9 Å². The van der Waals surface area contributed by atoms with Crippen molar-refractivity contribution in [3.05, 3.63) is 57.8 Å². The molecule has 1 aromatic carbocycles. The summed E-state index contributed by atoms with van der Waals surface area (Å²) < 4.78 is 0. The van der Waals surface area contributed by atoms with Crippen LogP contribution < -0.4 is 10.6 Å². The van der Waals surface area contributed by atoms with Gasteiger partial charge in [0.15, 0.2) is 5.78 Å². The second-order valence-electron chi connectivity index (χ2n) is 6.71. The zero-order valence-electron chi connectivity index (χ0n) is 15.2. The van der Waals surface area contributed by atoms with Crippen molar-refractivity contribution in [3.8, 4) is 0 Å². The Morgan fingerprint density at radius 2 is 1.85 bits per heavy atom. The Balaban J connectivity index is 1.36. The second-order valence-corrected chi connectivity index (χ2v) is 7.66. The molecule has 0 radical (unpaired) electrons. The predicted octanol–water partition coefficient (Wildman–Crippen LogP) is 3.41. The maximum absolute atomic E-state index is 12.2. The van der Waals surface area contributed by atoms with Crippen LogP contribution in [-0.4, -0.2) is 24.1 Å². The number of carbonyl (C=O) groups excluding carboxylic acids is 3.